The van der Waals surface area contributed by atoms with Crippen molar-refractivity contribution in [2.75, 3.05) is 6.61 Å². The van der Waals surface area contributed by atoms with Crippen molar-refractivity contribution in [3.63, 3.8) is 0 Å². The fourth-order valence-electron chi connectivity index (χ4n) is 7.26. The highest BCUT2D eigenvalue weighted by Crippen LogP contribution is 2.70. The van der Waals surface area contributed by atoms with E-state index in [1.807, 2.05) is 0 Å². The van der Waals surface area contributed by atoms with Crippen LogP contribution in [0.1, 0.15) is 46.5 Å². The Labute approximate surface area is 164 Å². The van der Waals surface area contributed by atoms with E-state index in [1.165, 1.54) is 12.2 Å². The number of carbonyl (C=O) groups is 2. The molecular weight excluding hydrogens is 363 g/mol. The Kier molecular flexibility index (Phi) is 4.15. The van der Waals surface area contributed by atoms with Crippen LogP contribution >= 0.6 is 0 Å². The molecule has 28 heavy (non-hydrogen) atoms. The molecule has 0 amide bonds. The summed E-state index contributed by atoms with van der Waals surface area (Å²) in [5.41, 5.74) is -5.17. The minimum atomic E-state index is -1.98. The van der Waals surface area contributed by atoms with Gasteiger partial charge in [0.25, 0.3) is 0 Å². The zero-order valence-corrected chi connectivity index (χ0v) is 16.6. The molecule has 4 aliphatic rings. The fourth-order valence-corrected chi connectivity index (χ4v) is 7.26. The molecule has 0 aromatic rings. The van der Waals surface area contributed by atoms with Gasteiger partial charge in [-0.2, -0.15) is 0 Å². The smallest absolute Gasteiger partial charge is 0.190 e. The van der Waals surface area contributed by atoms with E-state index < -0.39 is 52.4 Å². The van der Waals surface area contributed by atoms with Crippen LogP contribution in [0, 0.1) is 28.6 Å². The average molecular weight is 392 g/mol. The van der Waals surface area contributed by atoms with Crippen molar-refractivity contribution in [3.05, 3.63) is 23.8 Å². The lowest BCUT2D eigenvalue weighted by Gasteiger charge is -2.62. The lowest BCUT2D eigenvalue weighted by Crippen LogP contribution is -2.69. The molecule has 3 N–H and O–H groups in total. The Morgan fingerprint density at radius 2 is 2.00 bits per heavy atom. The summed E-state index contributed by atoms with van der Waals surface area (Å²) in [6.45, 7) is 4.48. The maximum Gasteiger partial charge on any atom is 0.190 e. The average Bonchev–Trinajstić information content (AvgIpc) is 2.84. The number of hydrogen-bond donors (Lipinski definition) is 3. The van der Waals surface area contributed by atoms with E-state index in [0.717, 1.165) is 0 Å². The first-order chi connectivity index (χ1) is 13.0. The van der Waals surface area contributed by atoms with E-state index in [9.17, 15) is 24.9 Å². The van der Waals surface area contributed by atoms with Crippen molar-refractivity contribution in [1.29, 1.82) is 0 Å². The number of aliphatic hydroxyl groups is 3. The normalized spacial score (nSPS) is 52.5. The van der Waals surface area contributed by atoms with Gasteiger partial charge in [0.05, 0.1) is 6.10 Å². The second-order valence-corrected chi connectivity index (χ2v) is 9.75. The van der Waals surface area contributed by atoms with Gasteiger partial charge in [0.15, 0.2) is 17.2 Å². The Balaban J connectivity index is 1.84. The zero-order valence-electron chi connectivity index (χ0n) is 16.6. The van der Waals surface area contributed by atoms with Gasteiger partial charge in [-0.3, -0.25) is 9.59 Å². The van der Waals surface area contributed by atoms with Crippen LogP contribution in [0.5, 0.6) is 0 Å². The number of aliphatic hydroxyl groups excluding tert-OH is 2. The lowest BCUT2D eigenvalue weighted by molar-refractivity contribution is -0.219. The van der Waals surface area contributed by atoms with Crippen LogP contribution in [0.2, 0.25) is 0 Å². The van der Waals surface area contributed by atoms with E-state index in [4.69, 9.17) is 0 Å². The van der Waals surface area contributed by atoms with E-state index in [-0.39, 0.29) is 18.1 Å². The highest BCUT2D eigenvalue weighted by Gasteiger charge is 2.75. The minimum Gasteiger partial charge on any atom is -0.390 e. The molecular formula is C22H29FO5. The summed E-state index contributed by atoms with van der Waals surface area (Å²) in [5.74, 6) is -2.12. The largest absolute Gasteiger partial charge is 0.390 e. The van der Waals surface area contributed by atoms with Crippen molar-refractivity contribution in [2.24, 2.45) is 28.6 Å². The van der Waals surface area contributed by atoms with Crippen LogP contribution in [0.15, 0.2) is 23.8 Å². The van der Waals surface area contributed by atoms with Gasteiger partial charge in [0.1, 0.15) is 12.2 Å². The summed E-state index contributed by atoms with van der Waals surface area (Å²) in [6, 6.07) is 0. The van der Waals surface area contributed by atoms with Gasteiger partial charge in [-0.1, -0.05) is 25.5 Å². The van der Waals surface area contributed by atoms with Crippen molar-refractivity contribution >= 4 is 11.6 Å². The van der Waals surface area contributed by atoms with Gasteiger partial charge in [-0.25, -0.2) is 4.39 Å². The highest BCUT2D eigenvalue weighted by molar-refractivity contribution is 6.01. The maximum atomic E-state index is 16.9. The first-order valence-corrected chi connectivity index (χ1v) is 10.1. The lowest BCUT2D eigenvalue weighted by atomic mass is 9.44. The molecule has 5 nitrogen and oxygen atoms in total. The molecule has 4 aliphatic carbocycles. The third-order valence-electron chi connectivity index (χ3n) is 8.79. The van der Waals surface area contributed by atoms with Gasteiger partial charge in [-0.05, 0) is 56.6 Å². The third-order valence-corrected chi connectivity index (χ3v) is 8.79. The highest BCUT2D eigenvalue weighted by atomic mass is 19.1. The van der Waals surface area contributed by atoms with Crippen molar-refractivity contribution < 1.29 is 29.3 Å². The number of allylic oxidation sites excluding steroid dienone is 4. The van der Waals surface area contributed by atoms with E-state index in [1.54, 1.807) is 26.8 Å². The van der Waals surface area contributed by atoms with Crippen molar-refractivity contribution in [2.45, 2.75) is 63.8 Å². The van der Waals surface area contributed by atoms with Crippen LogP contribution in [0.3, 0.4) is 0 Å². The number of fused-ring (bicyclic) bond motifs is 5. The Morgan fingerprint density at radius 1 is 1.32 bits per heavy atom. The summed E-state index contributed by atoms with van der Waals surface area (Å²) in [4.78, 5) is 24.4. The topological polar surface area (TPSA) is 94.8 Å². The summed E-state index contributed by atoms with van der Waals surface area (Å²) in [6.07, 6.45) is 4.44. The summed E-state index contributed by atoms with van der Waals surface area (Å²) >= 11 is 0. The second-order valence-electron chi connectivity index (χ2n) is 9.75. The first-order valence-electron chi connectivity index (χ1n) is 10.1. The zero-order chi connectivity index (χ0) is 20.7. The number of rotatable bonds is 2. The number of halogens is 1. The number of ketones is 2. The van der Waals surface area contributed by atoms with Crippen LogP contribution in [0.25, 0.3) is 0 Å². The molecule has 3 saturated carbocycles. The van der Waals surface area contributed by atoms with E-state index in [0.29, 0.717) is 24.8 Å². The van der Waals surface area contributed by atoms with Crippen LogP contribution in [-0.4, -0.2) is 50.9 Å². The van der Waals surface area contributed by atoms with E-state index in [2.05, 4.69) is 0 Å². The Morgan fingerprint density at radius 3 is 2.64 bits per heavy atom. The molecule has 0 unspecified atom stereocenters. The standard InChI is InChI=1S/C22H29FO5/c1-12-8-16-15-5-4-13-9-14(25)6-7-19(13,2)21(15,23)17(26)10-20(16,3)22(12,28)18(27)11-24/h6-7,9,12,15-17,24,26,28H,4-5,8,10-11H2,1-3H3/t12-,15-,16-,17-,19-,20-,21-,22+/m0/s1. The van der Waals surface area contributed by atoms with Crippen LogP contribution in [0.4, 0.5) is 4.39 Å². The van der Waals surface area contributed by atoms with Gasteiger partial charge in [-0.15, -0.1) is 0 Å². The summed E-state index contributed by atoms with van der Waals surface area (Å²) < 4.78 is 16.9. The number of hydrogen-bond acceptors (Lipinski definition) is 5. The SMILES string of the molecule is C[C@H]1C[C@H]2[C@@H]3CCC4=CC(=O)C=C[C@]4(C)[C@@]3(F)[C@@H](O)C[C@]2(C)[C@]1(O)C(=O)CO. The minimum absolute atomic E-state index is 0.0676. The molecule has 6 heteroatoms. The van der Waals surface area contributed by atoms with Gasteiger partial charge >= 0.3 is 0 Å². The molecule has 8 atom stereocenters. The maximum absolute atomic E-state index is 16.9. The van der Waals surface area contributed by atoms with Gasteiger partial charge < -0.3 is 15.3 Å². The van der Waals surface area contributed by atoms with Crippen molar-refractivity contribution in [1.82, 2.24) is 0 Å². The first kappa shape index (κ1) is 19.9. The fraction of sp³-hybridized carbons (Fsp3) is 0.727. The van der Waals surface area contributed by atoms with Crippen LogP contribution in [-0.2, 0) is 9.59 Å². The molecule has 3 fully saturated rings. The van der Waals surface area contributed by atoms with Gasteiger partial charge in [0.2, 0.25) is 0 Å². The number of carbonyl (C=O) groups excluding carboxylic acids is 2. The van der Waals surface area contributed by atoms with Crippen molar-refractivity contribution in [3.8, 4) is 0 Å². The number of Topliss-reactive ketones (excluding diaryl/α,β-unsaturated/α-hetero) is 1. The molecule has 4 rings (SSSR count). The van der Waals surface area contributed by atoms with Crippen LogP contribution < -0.4 is 0 Å². The molecule has 0 heterocycles. The monoisotopic (exact) mass is 392 g/mol. The molecule has 0 aromatic heterocycles. The molecule has 0 bridgehead atoms. The Hall–Kier alpha value is -1.37. The second kappa shape index (κ2) is 5.83. The summed E-state index contributed by atoms with van der Waals surface area (Å²) in [7, 11) is 0. The molecule has 0 spiro atoms. The Bertz CT molecular complexity index is 805. The quantitative estimate of drug-likeness (QED) is 0.667. The molecule has 0 saturated heterocycles. The molecule has 0 aliphatic heterocycles. The molecule has 0 radical (unpaired) electrons. The summed E-state index contributed by atoms with van der Waals surface area (Å²) in [5, 5.41) is 32.0. The molecule has 154 valence electrons. The predicted octanol–water partition coefficient (Wildman–Crippen LogP) is 1.90. The third kappa shape index (κ3) is 2.01. The number of alkyl halides is 1. The molecule has 0 aromatic carbocycles. The van der Waals surface area contributed by atoms with Gasteiger partial charge in [0, 0.05) is 16.7 Å². The predicted molar refractivity (Wildman–Crippen MR) is 99.9 cm³/mol. The van der Waals surface area contributed by atoms with E-state index >= 15 is 4.39 Å².